The minimum absolute atomic E-state index is 0.0620. The monoisotopic (exact) mass is 628 g/mol. The van der Waals surface area contributed by atoms with Gasteiger partial charge in [0.1, 0.15) is 5.58 Å². The molecule has 0 radical (unpaired) electrons. The number of likely N-dealkylation sites (tertiary alicyclic amines) is 1. The highest BCUT2D eigenvalue weighted by molar-refractivity contribution is 7.26. The van der Waals surface area contributed by atoms with Gasteiger partial charge in [0.05, 0.1) is 25.1 Å². The summed E-state index contributed by atoms with van der Waals surface area (Å²) < 4.78 is 41.1. The van der Waals surface area contributed by atoms with Crippen molar-refractivity contribution >= 4 is 60.2 Å². The lowest BCUT2D eigenvalue weighted by Gasteiger charge is -2.31. The standard InChI is InChI=1S/C35H34F2N4O3S/c36-35(37)9-12-40(13-10-35)14-11-39-22-24(21-38)23-7-8-31-29(19-23)27-5-2-4-26(34(27)45-31)25-3-1-6-28-30(42)20-32(44-33(25)28)41-15-17-43-18-16-41/h1-8,19-22H,9-18,38H2/b24-21+,39-22?. The van der Waals surface area contributed by atoms with Crippen LogP contribution in [0.5, 0.6) is 0 Å². The number of morpholine rings is 1. The zero-order valence-corrected chi connectivity index (χ0v) is 25.6. The Hall–Kier alpha value is -4.12. The van der Waals surface area contributed by atoms with E-state index >= 15 is 0 Å². The maximum atomic E-state index is 13.5. The molecule has 5 aromatic rings. The number of alkyl halides is 2. The van der Waals surface area contributed by atoms with E-state index < -0.39 is 5.92 Å². The number of rotatable bonds is 7. The molecular weight excluding hydrogens is 594 g/mol. The molecule has 2 aliphatic rings. The van der Waals surface area contributed by atoms with Crippen molar-refractivity contribution in [1.82, 2.24) is 4.90 Å². The van der Waals surface area contributed by atoms with Crippen molar-refractivity contribution in [3.8, 4) is 11.1 Å². The molecule has 0 atom stereocenters. The number of para-hydroxylation sites is 1. The topological polar surface area (TPSA) is 84.3 Å². The number of nitrogens with two attached hydrogens (primary N) is 1. The number of allylic oxidation sites excluding steroid dienone is 1. The van der Waals surface area contributed by atoms with Crippen molar-refractivity contribution in [1.29, 1.82) is 0 Å². The molecule has 0 bridgehead atoms. The van der Waals surface area contributed by atoms with Crippen molar-refractivity contribution < 1.29 is 17.9 Å². The molecule has 0 saturated carbocycles. The molecule has 0 amide bonds. The van der Waals surface area contributed by atoms with Crippen LogP contribution in [-0.4, -0.2) is 69.5 Å². The summed E-state index contributed by atoms with van der Waals surface area (Å²) in [6.07, 6.45) is 3.14. The van der Waals surface area contributed by atoms with Crippen molar-refractivity contribution in [3.63, 3.8) is 0 Å². The normalized spacial score (nSPS) is 18.1. The summed E-state index contributed by atoms with van der Waals surface area (Å²) in [4.78, 5) is 21.8. The van der Waals surface area contributed by atoms with Crippen LogP contribution in [-0.2, 0) is 4.74 Å². The predicted octanol–water partition coefficient (Wildman–Crippen LogP) is 6.77. The number of hydrogen-bond acceptors (Lipinski definition) is 8. The first-order valence-corrected chi connectivity index (χ1v) is 16.1. The average molecular weight is 629 g/mol. The first-order valence-electron chi connectivity index (χ1n) is 15.3. The molecule has 0 aliphatic carbocycles. The Morgan fingerprint density at radius 3 is 2.49 bits per heavy atom. The summed E-state index contributed by atoms with van der Waals surface area (Å²) in [5.74, 6) is -1.98. The first kappa shape index (κ1) is 29.6. The van der Waals surface area contributed by atoms with Crippen LogP contribution in [0, 0.1) is 0 Å². The zero-order valence-electron chi connectivity index (χ0n) is 24.8. The van der Waals surface area contributed by atoms with E-state index in [0.29, 0.717) is 69.3 Å². The number of hydrogen-bond donors (Lipinski definition) is 1. The minimum Gasteiger partial charge on any atom is -0.440 e. The SMILES string of the molecule is N/C=C(\C=NCCN1CCC(F)(F)CC1)c1ccc2sc3c(-c4cccc5c(=O)cc(N6CCOCC6)oc45)cccc3c2c1. The van der Waals surface area contributed by atoms with Gasteiger partial charge in [0.2, 0.25) is 0 Å². The van der Waals surface area contributed by atoms with Gasteiger partial charge in [0.15, 0.2) is 11.3 Å². The zero-order chi connectivity index (χ0) is 31.0. The van der Waals surface area contributed by atoms with Gasteiger partial charge in [-0.2, -0.15) is 0 Å². The van der Waals surface area contributed by atoms with Crippen LogP contribution in [0.4, 0.5) is 14.7 Å². The summed E-state index contributed by atoms with van der Waals surface area (Å²) >= 11 is 1.70. The molecule has 2 N–H and O–H groups in total. The van der Waals surface area contributed by atoms with E-state index in [1.807, 2.05) is 35.2 Å². The second-order valence-corrected chi connectivity index (χ2v) is 12.6. The van der Waals surface area contributed by atoms with Gasteiger partial charge in [-0.05, 0) is 23.8 Å². The number of piperidine rings is 1. The van der Waals surface area contributed by atoms with Crippen LogP contribution in [0.15, 0.2) is 81.1 Å². The van der Waals surface area contributed by atoms with E-state index in [2.05, 4.69) is 34.2 Å². The van der Waals surface area contributed by atoms with Crippen molar-refractivity contribution in [3.05, 3.63) is 82.7 Å². The number of anilines is 1. The predicted molar refractivity (Wildman–Crippen MR) is 180 cm³/mol. The maximum absolute atomic E-state index is 13.5. The third-order valence-electron chi connectivity index (χ3n) is 8.73. The third-order valence-corrected chi connectivity index (χ3v) is 9.95. The van der Waals surface area contributed by atoms with Gasteiger partial charge in [-0.15, -0.1) is 11.3 Å². The number of halogens is 2. The number of ether oxygens (including phenoxy) is 1. The van der Waals surface area contributed by atoms with Gasteiger partial charge in [0.25, 0.3) is 5.92 Å². The Morgan fingerprint density at radius 1 is 0.956 bits per heavy atom. The molecule has 2 fully saturated rings. The highest BCUT2D eigenvalue weighted by atomic mass is 32.1. The summed E-state index contributed by atoms with van der Waals surface area (Å²) in [6.45, 7) is 4.50. The smallest absolute Gasteiger partial charge is 0.250 e. The van der Waals surface area contributed by atoms with E-state index in [1.54, 1.807) is 29.8 Å². The fourth-order valence-corrected chi connectivity index (χ4v) is 7.40. The molecule has 4 heterocycles. The van der Waals surface area contributed by atoms with E-state index in [0.717, 1.165) is 42.4 Å². The molecule has 2 aliphatic heterocycles. The summed E-state index contributed by atoms with van der Waals surface area (Å²) in [5, 5.41) is 2.76. The van der Waals surface area contributed by atoms with E-state index in [4.69, 9.17) is 14.9 Å². The van der Waals surface area contributed by atoms with Gasteiger partial charge in [0, 0.05) is 101 Å². The van der Waals surface area contributed by atoms with Gasteiger partial charge in [-0.25, -0.2) is 8.78 Å². The van der Waals surface area contributed by atoms with Crippen molar-refractivity contribution in [2.75, 3.05) is 57.4 Å². The highest BCUT2D eigenvalue weighted by Gasteiger charge is 2.33. The number of thiophene rings is 1. The highest BCUT2D eigenvalue weighted by Crippen LogP contribution is 2.42. The number of fused-ring (bicyclic) bond motifs is 4. The van der Waals surface area contributed by atoms with Gasteiger partial charge in [-0.1, -0.05) is 36.4 Å². The lowest BCUT2D eigenvalue weighted by atomic mass is 9.99. The van der Waals surface area contributed by atoms with Crippen LogP contribution >= 0.6 is 11.3 Å². The van der Waals surface area contributed by atoms with Crippen LogP contribution in [0.25, 0.3) is 47.8 Å². The molecule has 2 saturated heterocycles. The second kappa shape index (κ2) is 12.3. The third kappa shape index (κ3) is 5.97. The summed E-state index contributed by atoms with van der Waals surface area (Å²) in [5.41, 5.74) is 10.2. The molecule has 7 nitrogen and oxygen atoms in total. The van der Waals surface area contributed by atoms with Crippen molar-refractivity contribution in [2.24, 2.45) is 10.7 Å². The maximum Gasteiger partial charge on any atom is 0.250 e. The Labute approximate surface area is 263 Å². The van der Waals surface area contributed by atoms with Crippen molar-refractivity contribution in [2.45, 2.75) is 18.8 Å². The van der Waals surface area contributed by atoms with Crippen LogP contribution in [0.2, 0.25) is 0 Å². The van der Waals surface area contributed by atoms with E-state index in [-0.39, 0.29) is 18.3 Å². The molecular formula is C35H34F2N4O3S. The molecule has 0 spiro atoms. The molecule has 0 unspecified atom stereocenters. The quantitative estimate of drug-likeness (QED) is 0.201. The molecule has 7 rings (SSSR count). The number of nitrogens with zero attached hydrogens (tertiary/aromatic N) is 3. The second-order valence-electron chi connectivity index (χ2n) is 11.6. The van der Waals surface area contributed by atoms with E-state index in [1.165, 1.54) is 0 Å². The Balaban J connectivity index is 1.20. The van der Waals surface area contributed by atoms with Crippen LogP contribution in [0.3, 0.4) is 0 Å². The molecule has 10 heteroatoms. The molecule has 2 aromatic heterocycles. The lowest BCUT2D eigenvalue weighted by molar-refractivity contribution is -0.0544. The van der Waals surface area contributed by atoms with Crippen LogP contribution in [0.1, 0.15) is 18.4 Å². The van der Waals surface area contributed by atoms with Gasteiger partial charge < -0.3 is 24.7 Å². The molecule has 45 heavy (non-hydrogen) atoms. The van der Waals surface area contributed by atoms with Gasteiger partial charge in [-0.3, -0.25) is 9.79 Å². The Morgan fingerprint density at radius 2 is 1.71 bits per heavy atom. The van der Waals surface area contributed by atoms with Crippen LogP contribution < -0.4 is 16.1 Å². The number of aliphatic imine (C=N–C) groups is 1. The number of benzene rings is 3. The molecule has 232 valence electrons. The summed E-state index contributed by atoms with van der Waals surface area (Å²) in [7, 11) is 0. The minimum atomic E-state index is -2.54. The average Bonchev–Trinajstić information content (AvgIpc) is 3.44. The molecule has 3 aromatic carbocycles. The summed E-state index contributed by atoms with van der Waals surface area (Å²) in [6, 6.07) is 19.8. The first-order chi connectivity index (χ1) is 21.9. The van der Waals surface area contributed by atoms with E-state index in [9.17, 15) is 13.6 Å². The fourth-order valence-electron chi connectivity index (χ4n) is 6.19. The largest absolute Gasteiger partial charge is 0.440 e. The fraction of sp³-hybridized carbons (Fsp3) is 0.314. The van der Waals surface area contributed by atoms with Gasteiger partial charge >= 0.3 is 0 Å². The Kier molecular flexibility index (Phi) is 8.12. The Bertz CT molecular complexity index is 1980. The lowest BCUT2D eigenvalue weighted by Crippen LogP contribution is -2.40.